The van der Waals surface area contributed by atoms with E-state index in [0.717, 1.165) is 17.8 Å². The Balaban J connectivity index is 1.91. The molecule has 0 spiro atoms. The van der Waals surface area contributed by atoms with Gasteiger partial charge in [0.15, 0.2) is 0 Å². The summed E-state index contributed by atoms with van der Waals surface area (Å²) in [5, 5.41) is 6.23. The Bertz CT molecular complexity index is 733. The highest BCUT2D eigenvalue weighted by atomic mass is 16.6. The second kappa shape index (κ2) is 8.06. The number of rotatable bonds is 5. The molecule has 2 N–H and O–H groups in total. The van der Waals surface area contributed by atoms with Crippen LogP contribution in [0.4, 0.5) is 10.5 Å². The summed E-state index contributed by atoms with van der Waals surface area (Å²) in [4.78, 5) is 11.7. The van der Waals surface area contributed by atoms with Gasteiger partial charge in [-0.25, -0.2) is 4.79 Å². The second-order valence-corrected chi connectivity index (χ2v) is 7.34. The molecule has 0 saturated carbocycles. The lowest BCUT2D eigenvalue weighted by Crippen LogP contribution is -2.32. The van der Waals surface area contributed by atoms with Gasteiger partial charge in [0, 0.05) is 18.8 Å². The Labute approximate surface area is 150 Å². The van der Waals surface area contributed by atoms with Crippen LogP contribution in [-0.2, 0) is 17.8 Å². The molecule has 0 atom stereocenters. The first-order valence-electron chi connectivity index (χ1n) is 8.59. The summed E-state index contributed by atoms with van der Waals surface area (Å²) in [6, 6.07) is 14.5. The first-order chi connectivity index (χ1) is 11.7. The number of benzene rings is 2. The molecular formula is C21H28N2O2. The Morgan fingerprint density at radius 1 is 1.04 bits per heavy atom. The maximum absolute atomic E-state index is 11.7. The number of amides is 1. The van der Waals surface area contributed by atoms with Crippen LogP contribution in [0.15, 0.2) is 42.5 Å². The van der Waals surface area contributed by atoms with Crippen LogP contribution >= 0.6 is 0 Å². The van der Waals surface area contributed by atoms with Crippen molar-refractivity contribution in [3.63, 3.8) is 0 Å². The fourth-order valence-corrected chi connectivity index (χ4v) is 2.52. The van der Waals surface area contributed by atoms with Crippen LogP contribution in [0.25, 0.3) is 0 Å². The molecule has 0 aromatic heterocycles. The van der Waals surface area contributed by atoms with Gasteiger partial charge in [-0.3, -0.25) is 0 Å². The molecule has 0 aliphatic heterocycles. The van der Waals surface area contributed by atoms with E-state index in [9.17, 15) is 4.79 Å². The van der Waals surface area contributed by atoms with Gasteiger partial charge in [-0.2, -0.15) is 0 Å². The molecule has 0 aliphatic rings. The van der Waals surface area contributed by atoms with E-state index in [2.05, 4.69) is 42.7 Å². The average Bonchev–Trinajstić information content (AvgIpc) is 2.51. The zero-order valence-corrected chi connectivity index (χ0v) is 15.8. The van der Waals surface area contributed by atoms with Crippen LogP contribution < -0.4 is 10.6 Å². The average molecular weight is 340 g/mol. The molecule has 0 unspecified atom stereocenters. The molecule has 25 heavy (non-hydrogen) atoms. The summed E-state index contributed by atoms with van der Waals surface area (Å²) < 4.78 is 5.25. The molecule has 0 radical (unpaired) electrons. The topological polar surface area (TPSA) is 50.4 Å². The number of carbonyl (C=O) groups is 1. The Morgan fingerprint density at radius 3 is 2.48 bits per heavy atom. The Morgan fingerprint density at radius 2 is 1.80 bits per heavy atom. The molecule has 4 heteroatoms. The zero-order chi connectivity index (χ0) is 18.4. The third-order valence-electron chi connectivity index (χ3n) is 3.74. The summed E-state index contributed by atoms with van der Waals surface area (Å²) in [5.41, 5.74) is 5.41. The van der Waals surface area contributed by atoms with Crippen molar-refractivity contribution in [2.45, 2.75) is 53.3 Å². The predicted molar refractivity (Wildman–Crippen MR) is 103 cm³/mol. The fourth-order valence-electron chi connectivity index (χ4n) is 2.52. The van der Waals surface area contributed by atoms with Crippen LogP contribution in [0.5, 0.6) is 0 Å². The minimum atomic E-state index is -0.487. The molecule has 4 nitrogen and oxygen atoms in total. The Kier molecular flexibility index (Phi) is 6.07. The van der Waals surface area contributed by atoms with Crippen molar-refractivity contribution < 1.29 is 9.53 Å². The zero-order valence-electron chi connectivity index (χ0n) is 15.8. The highest BCUT2D eigenvalue weighted by Crippen LogP contribution is 2.15. The van der Waals surface area contributed by atoms with E-state index in [1.807, 2.05) is 45.0 Å². The summed E-state index contributed by atoms with van der Waals surface area (Å²) in [6.45, 7) is 11.0. The first kappa shape index (κ1) is 18.8. The fraction of sp³-hybridized carbons (Fsp3) is 0.381. The van der Waals surface area contributed by atoms with Crippen LogP contribution in [0, 0.1) is 13.8 Å². The normalized spacial score (nSPS) is 11.1. The number of ether oxygens (including phenoxy) is 1. The van der Waals surface area contributed by atoms with Crippen molar-refractivity contribution in [1.29, 1.82) is 0 Å². The second-order valence-electron chi connectivity index (χ2n) is 7.34. The van der Waals surface area contributed by atoms with Gasteiger partial charge >= 0.3 is 6.09 Å². The molecule has 0 aliphatic carbocycles. The summed E-state index contributed by atoms with van der Waals surface area (Å²) in [6.07, 6.45) is -0.402. The number of carbonyl (C=O) groups excluding carboxylic acids is 1. The number of anilines is 1. The lowest BCUT2D eigenvalue weighted by atomic mass is 10.1. The lowest BCUT2D eigenvalue weighted by Gasteiger charge is -2.19. The standard InChI is InChI=1S/C21H28N2O2/c1-15-9-10-18(16(2)11-15)14-22-19-8-6-7-17(12-19)13-23-20(24)25-21(3,4)5/h6-12,22H,13-14H2,1-5H3,(H,23,24). The van der Waals surface area contributed by atoms with E-state index < -0.39 is 11.7 Å². The molecule has 2 rings (SSSR count). The molecule has 0 heterocycles. The summed E-state index contributed by atoms with van der Waals surface area (Å²) in [5.74, 6) is 0. The smallest absolute Gasteiger partial charge is 0.407 e. The largest absolute Gasteiger partial charge is 0.444 e. The van der Waals surface area contributed by atoms with Gasteiger partial charge in [0.05, 0.1) is 0 Å². The van der Waals surface area contributed by atoms with E-state index in [0.29, 0.717) is 6.54 Å². The third kappa shape index (κ3) is 6.49. The monoisotopic (exact) mass is 340 g/mol. The Hall–Kier alpha value is -2.49. The van der Waals surface area contributed by atoms with Gasteiger partial charge < -0.3 is 15.4 Å². The number of alkyl carbamates (subject to hydrolysis) is 1. The summed E-state index contributed by atoms with van der Waals surface area (Å²) >= 11 is 0. The van der Waals surface area contributed by atoms with E-state index >= 15 is 0 Å². The number of hydrogen-bond donors (Lipinski definition) is 2. The van der Waals surface area contributed by atoms with Gasteiger partial charge in [0.25, 0.3) is 0 Å². The van der Waals surface area contributed by atoms with E-state index in [4.69, 9.17) is 4.74 Å². The minimum absolute atomic E-state index is 0.402. The van der Waals surface area contributed by atoms with Crippen molar-refractivity contribution in [1.82, 2.24) is 5.32 Å². The molecule has 0 saturated heterocycles. The maximum Gasteiger partial charge on any atom is 0.407 e. The van der Waals surface area contributed by atoms with Gasteiger partial charge in [-0.1, -0.05) is 35.9 Å². The molecular weight excluding hydrogens is 312 g/mol. The maximum atomic E-state index is 11.7. The quantitative estimate of drug-likeness (QED) is 0.810. The molecule has 2 aromatic rings. The van der Waals surface area contributed by atoms with Crippen molar-refractivity contribution >= 4 is 11.8 Å². The molecule has 1 amide bonds. The SMILES string of the molecule is Cc1ccc(CNc2cccc(CNC(=O)OC(C)(C)C)c2)c(C)c1. The number of nitrogens with one attached hydrogen (secondary N) is 2. The van der Waals surface area contributed by atoms with Gasteiger partial charge in [-0.05, 0) is 63.4 Å². The highest BCUT2D eigenvalue weighted by Gasteiger charge is 2.15. The summed E-state index contributed by atoms with van der Waals surface area (Å²) in [7, 11) is 0. The molecule has 0 fully saturated rings. The van der Waals surface area contributed by atoms with E-state index in [-0.39, 0.29) is 0 Å². The highest BCUT2D eigenvalue weighted by molar-refractivity contribution is 5.67. The minimum Gasteiger partial charge on any atom is -0.444 e. The molecule has 134 valence electrons. The molecule has 0 bridgehead atoms. The molecule has 2 aromatic carbocycles. The van der Waals surface area contributed by atoms with Gasteiger partial charge in [0.2, 0.25) is 0 Å². The number of aryl methyl sites for hydroxylation is 2. The van der Waals surface area contributed by atoms with Crippen molar-refractivity contribution in [2.75, 3.05) is 5.32 Å². The van der Waals surface area contributed by atoms with Gasteiger partial charge in [0.1, 0.15) is 5.60 Å². The third-order valence-corrected chi connectivity index (χ3v) is 3.74. The van der Waals surface area contributed by atoms with E-state index in [1.54, 1.807) is 0 Å². The van der Waals surface area contributed by atoms with Crippen molar-refractivity contribution in [3.05, 3.63) is 64.7 Å². The van der Waals surface area contributed by atoms with Crippen LogP contribution in [-0.4, -0.2) is 11.7 Å². The van der Waals surface area contributed by atoms with Crippen LogP contribution in [0.2, 0.25) is 0 Å². The number of hydrogen-bond acceptors (Lipinski definition) is 3. The van der Waals surface area contributed by atoms with E-state index in [1.165, 1.54) is 16.7 Å². The van der Waals surface area contributed by atoms with Gasteiger partial charge in [-0.15, -0.1) is 0 Å². The van der Waals surface area contributed by atoms with Crippen molar-refractivity contribution in [2.24, 2.45) is 0 Å². The van der Waals surface area contributed by atoms with Crippen LogP contribution in [0.1, 0.15) is 43.0 Å². The van der Waals surface area contributed by atoms with Crippen molar-refractivity contribution in [3.8, 4) is 0 Å². The predicted octanol–water partition coefficient (Wildman–Crippen LogP) is 4.94. The van der Waals surface area contributed by atoms with Crippen LogP contribution in [0.3, 0.4) is 0 Å². The lowest BCUT2D eigenvalue weighted by molar-refractivity contribution is 0.0523. The first-order valence-corrected chi connectivity index (χ1v) is 8.59.